The summed E-state index contributed by atoms with van der Waals surface area (Å²) in [5.41, 5.74) is -0.483. The molecule has 1 rings (SSSR count). The lowest BCUT2D eigenvalue weighted by molar-refractivity contribution is 0.0514. The molecular weight excluding hydrogens is 156 g/mol. The van der Waals surface area contributed by atoms with Crippen LogP contribution >= 0.6 is 0 Å². The first kappa shape index (κ1) is 8.77. The van der Waals surface area contributed by atoms with Gasteiger partial charge in [-0.05, 0) is 26.8 Å². The Morgan fingerprint density at radius 1 is 1.58 bits per heavy atom. The number of ether oxygens (including phenoxy) is 1. The Morgan fingerprint density at radius 2 is 2.25 bits per heavy atom. The number of nitrogens with zero attached hydrogens (tertiary/aromatic N) is 2. The highest BCUT2D eigenvalue weighted by molar-refractivity contribution is 5.69. The number of aromatic nitrogens is 2. The van der Waals surface area contributed by atoms with Crippen LogP contribution in [-0.4, -0.2) is 21.5 Å². The van der Waals surface area contributed by atoms with E-state index in [4.69, 9.17) is 4.74 Å². The highest BCUT2D eigenvalue weighted by Gasteiger charge is 2.17. The fourth-order valence-corrected chi connectivity index (χ4v) is 0.643. The van der Waals surface area contributed by atoms with Crippen molar-refractivity contribution in [1.82, 2.24) is 9.78 Å². The summed E-state index contributed by atoms with van der Waals surface area (Å²) in [4.78, 5) is 11.2. The summed E-state index contributed by atoms with van der Waals surface area (Å²) < 4.78 is 6.13. The van der Waals surface area contributed by atoms with Crippen molar-refractivity contribution in [1.29, 1.82) is 0 Å². The zero-order chi connectivity index (χ0) is 9.19. The van der Waals surface area contributed by atoms with Gasteiger partial charge in [0, 0.05) is 6.20 Å². The molecule has 1 aromatic heterocycles. The van der Waals surface area contributed by atoms with Crippen molar-refractivity contribution in [2.45, 2.75) is 26.4 Å². The second kappa shape index (κ2) is 2.97. The Bertz CT molecular complexity index is 259. The molecule has 1 heterocycles. The number of hydrogen-bond acceptors (Lipinski definition) is 3. The van der Waals surface area contributed by atoms with Gasteiger partial charge in [-0.3, -0.25) is 0 Å². The van der Waals surface area contributed by atoms with Crippen molar-refractivity contribution < 1.29 is 9.53 Å². The van der Waals surface area contributed by atoms with Gasteiger partial charge in [0.15, 0.2) is 0 Å². The Labute approximate surface area is 71.1 Å². The minimum absolute atomic E-state index is 0.483. The molecule has 0 aromatic carbocycles. The molecule has 0 spiro atoms. The molecule has 0 saturated carbocycles. The summed E-state index contributed by atoms with van der Waals surface area (Å²) in [6.45, 7) is 5.41. The SMILES string of the molecule is CC(C)(C)OC(=O)n1cc[c]n1. The first-order valence-corrected chi connectivity index (χ1v) is 3.64. The van der Waals surface area contributed by atoms with E-state index in [9.17, 15) is 4.79 Å². The van der Waals surface area contributed by atoms with E-state index >= 15 is 0 Å². The van der Waals surface area contributed by atoms with Crippen molar-refractivity contribution in [2.24, 2.45) is 0 Å². The predicted octanol–water partition coefficient (Wildman–Crippen LogP) is 1.47. The number of carbonyl (C=O) groups excluding carboxylic acids is 1. The molecule has 0 unspecified atom stereocenters. The molecule has 0 fully saturated rings. The molecule has 0 aliphatic rings. The van der Waals surface area contributed by atoms with Crippen LogP contribution in [0.25, 0.3) is 0 Å². The summed E-state index contributed by atoms with van der Waals surface area (Å²) in [5.74, 6) is 0. The van der Waals surface area contributed by atoms with Crippen molar-refractivity contribution in [3.63, 3.8) is 0 Å². The van der Waals surface area contributed by atoms with Crippen molar-refractivity contribution in [2.75, 3.05) is 0 Å². The first-order chi connectivity index (χ1) is 5.49. The molecule has 4 heteroatoms. The summed E-state index contributed by atoms with van der Waals surface area (Å²) in [5, 5.41) is 3.62. The lowest BCUT2D eigenvalue weighted by atomic mass is 10.2. The maximum atomic E-state index is 11.2. The van der Waals surface area contributed by atoms with Crippen LogP contribution in [0.15, 0.2) is 12.3 Å². The van der Waals surface area contributed by atoms with E-state index in [1.807, 2.05) is 0 Å². The largest absolute Gasteiger partial charge is 0.442 e. The summed E-state index contributed by atoms with van der Waals surface area (Å²) in [7, 11) is 0. The summed E-state index contributed by atoms with van der Waals surface area (Å²) in [6.07, 6.45) is 3.52. The minimum Gasteiger partial charge on any atom is -0.442 e. The molecule has 1 radical (unpaired) electrons. The molecule has 4 nitrogen and oxygen atoms in total. The number of rotatable bonds is 0. The third-order valence-electron chi connectivity index (χ3n) is 1.04. The van der Waals surface area contributed by atoms with Crippen LogP contribution < -0.4 is 0 Å². The zero-order valence-corrected chi connectivity index (χ0v) is 7.37. The van der Waals surface area contributed by atoms with Gasteiger partial charge in [-0.25, -0.2) is 4.79 Å². The van der Waals surface area contributed by atoms with Gasteiger partial charge in [0.2, 0.25) is 0 Å². The van der Waals surface area contributed by atoms with E-state index in [0.717, 1.165) is 4.68 Å². The van der Waals surface area contributed by atoms with E-state index in [1.54, 1.807) is 26.8 Å². The third kappa shape index (κ3) is 2.38. The van der Waals surface area contributed by atoms with Gasteiger partial charge in [0.1, 0.15) is 11.8 Å². The Balaban J connectivity index is 2.63. The molecule has 0 aliphatic heterocycles. The predicted molar refractivity (Wildman–Crippen MR) is 42.7 cm³/mol. The van der Waals surface area contributed by atoms with Crippen LogP contribution in [0, 0.1) is 6.20 Å². The highest BCUT2D eigenvalue weighted by atomic mass is 16.6. The average molecular weight is 167 g/mol. The van der Waals surface area contributed by atoms with E-state index < -0.39 is 11.7 Å². The monoisotopic (exact) mass is 167 g/mol. The smallest absolute Gasteiger partial charge is 0.435 e. The van der Waals surface area contributed by atoms with Crippen LogP contribution in [0.4, 0.5) is 4.79 Å². The normalized spacial score (nSPS) is 11.2. The molecule has 0 N–H and O–H groups in total. The van der Waals surface area contributed by atoms with Crippen LogP contribution in [0.5, 0.6) is 0 Å². The maximum Gasteiger partial charge on any atom is 0.435 e. The Kier molecular flexibility index (Phi) is 2.17. The number of carbonyl (C=O) groups is 1. The molecule has 12 heavy (non-hydrogen) atoms. The lowest BCUT2D eigenvalue weighted by Gasteiger charge is -2.18. The molecule has 0 atom stereocenters. The molecule has 0 bridgehead atoms. The zero-order valence-electron chi connectivity index (χ0n) is 7.37. The lowest BCUT2D eigenvalue weighted by Crippen LogP contribution is -2.27. The molecule has 1 aromatic rings. The first-order valence-electron chi connectivity index (χ1n) is 3.64. The molecule has 0 amide bonds. The standard InChI is InChI=1S/C8H11N2O2/c1-8(2,3)12-7(11)10-6-4-5-9-10/h4,6H,1-3H3. The summed E-state index contributed by atoms with van der Waals surface area (Å²) in [6, 6.07) is 1.55. The Hall–Kier alpha value is -1.32. The molecular formula is C8H11N2O2. The minimum atomic E-state index is -0.483. The van der Waals surface area contributed by atoms with Crippen LogP contribution in [0.2, 0.25) is 0 Å². The van der Waals surface area contributed by atoms with E-state index in [0.29, 0.717) is 0 Å². The van der Waals surface area contributed by atoms with Crippen molar-refractivity contribution in [3.8, 4) is 0 Å². The van der Waals surface area contributed by atoms with Crippen molar-refractivity contribution in [3.05, 3.63) is 18.5 Å². The topological polar surface area (TPSA) is 44.1 Å². The second-order valence-electron chi connectivity index (χ2n) is 3.37. The van der Waals surface area contributed by atoms with Gasteiger partial charge >= 0.3 is 6.09 Å². The maximum absolute atomic E-state index is 11.2. The van der Waals surface area contributed by atoms with Gasteiger partial charge < -0.3 is 4.74 Å². The fourth-order valence-electron chi connectivity index (χ4n) is 0.643. The third-order valence-corrected chi connectivity index (χ3v) is 1.04. The van der Waals surface area contributed by atoms with Gasteiger partial charge in [-0.15, -0.1) is 0 Å². The van der Waals surface area contributed by atoms with Crippen LogP contribution in [0.3, 0.4) is 0 Å². The van der Waals surface area contributed by atoms with Gasteiger partial charge in [-0.2, -0.15) is 9.78 Å². The van der Waals surface area contributed by atoms with Crippen molar-refractivity contribution >= 4 is 6.09 Å². The molecule has 65 valence electrons. The number of hydrogen-bond donors (Lipinski definition) is 0. The van der Waals surface area contributed by atoms with E-state index in [-0.39, 0.29) is 0 Å². The quantitative estimate of drug-likeness (QED) is 0.587. The second-order valence-corrected chi connectivity index (χ2v) is 3.37. The van der Waals surface area contributed by atoms with Crippen LogP contribution in [-0.2, 0) is 4.74 Å². The Morgan fingerprint density at radius 3 is 2.67 bits per heavy atom. The fraction of sp³-hybridized carbons (Fsp3) is 0.500. The molecule has 0 aliphatic carbocycles. The van der Waals surface area contributed by atoms with E-state index in [1.165, 1.54) is 6.20 Å². The summed E-state index contributed by atoms with van der Waals surface area (Å²) >= 11 is 0. The van der Waals surface area contributed by atoms with Gasteiger partial charge in [0.25, 0.3) is 0 Å². The molecule has 0 saturated heterocycles. The highest BCUT2D eigenvalue weighted by Crippen LogP contribution is 2.07. The van der Waals surface area contributed by atoms with Gasteiger partial charge in [-0.1, -0.05) is 0 Å². The average Bonchev–Trinajstić information content (AvgIpc) is 2.32. The van der Waals surface area contributed by atoms with Gasteiger partial charge in [0.05, 0.1) is 0 Å². The van der Waals surface area contributed by atoms with E-state index in [2.05, 4.69) is 11.3 Å². The van der Waals surface area contributed by atoms with Crippen LogP contribution in [0.1, 0.15) is 20.8 Å².